The van der Waals surface area contributed by atoms with Gasteiger partial charge in [0.1, 0.15) is 5.82 Å². The summed E-state index contributed by atoms with van der Waals surface area (Å²) in [4.78, 5) is 0. The summed E-state index contributed by atoms with van der Waals surface area (Å²) in [5.41, 5.74) is 1.93. The highest BCUT2D eigenvalue weighted by atomic mass is 32.2. The molecule has 0 amide bonds. The normalized spacial score (nSPS) is 11.6. The van der Waals surface area contributed by atoms with Gasteiger partial charge in [-0.3, -0.25) is 0 Å². The molecule has 0 aliphatic carbocycles. The van der Waals surface area contributed by atoms with Crippen LogP contribution < -0.4 is 0 Å². The van der Waals surface area contributed by atoms with E-state index in [4.69, 9.17) is 0 Å². The van der Waals surface area contributed by atoms with Gasteiger partial charge in [0.2, 0.25) is 0 Å². The lowest BCUT2D eigenvalue weighted by atomic mass is 10.2. The fourth-order valence-corrected chi connectivity index (χ4v) is 2.66. The summed E-state index contributed by atoms with van der Waals surface area (Å²) in [6.45, 7) is 4.19. The third-order valence-corrected chi connectivity index (χ3v) is 3.28. The van der Waals surface area contributed by atoms with E-state index in [-0.39, 0.29) is 11.9 Å². The fourth-order valence-electron chi connectivity index (χ4n) is 2.14. The Morgan fingerprint density at radius 1 is 1.38 bits per heavy atom. The van der Waals surface area contributed by atoms with Gasteiger partial charge >= 0.3 is 0 Å². The first-order valence-corrected chi connectivity index (χ1v) is 6.81. The summed E-state index contributed by atoms with van der Waals surface area (Å²) >= 11 is 1.76. The number of para-hydroxylation sites is 1. The summed E-state index contributed by atoms with van der Waals surface area (Å²) in [6, 6.07) is 7.65. The van der Waals surface area contributed by atoms with Gasteiger partial charge < -0.3 is 4.57 Å². The predicted molar refractivity (Wildman–Crippen MR) is 69.5 cm³/mol. The van der Waals surface area contributed by atoms with Crippen LogP contribution in [-0.4, -0.2) is 10.8 Å². The number of aromatic nitrogens is 1. The molecule has 0 unspecified atom stereocenters. The van der Waals surface area contributed by atoms with Gasteiger partial charge in [-0.15, -0.1) is 0 Å². The molecule has 0 spiro atoms. The van der Waals surface area contributed by atoms with Crippen molar-refractivity contribution in [2.45, 2.75) is 25.6 Å². The minimum atomic E-state index is -0.126. The molecular weight excluding hydrogens is 221 g/mol. The van der Waals surface area contributed by atoms with Crippen molar-refractivity contribution in [3.8, 4) is 0 Å². The van der Waals surface area contributed by atoms with Gasteiger partial charge in [0.05, 0.1) is 5.52 Å². The van der Waals surface area contributed by atoms with E-state index in [1.54, 1.807) is 17.8 Å². The maximum absolute atomic E-state index is 13.8. The number of rotatable bonds is 3. The molecule has 1 aromatic carbocycles. The number of hydrogen-bond acceptors (Lipinski definition) is 1. The molecule has 0 atom stereocenters. The number of benzene rings is 1. The molecule has 0 bridgehead atoms. The third kappa shape index (κ3) is 1.84. The van der Waals surface area contributed by atoms with Gasteiger partial charge in [-0.2, -0.15) is 11.8 Å². The Morgan fingerprint density at radius 3 is 2.75 bits per heavy atom. The van der Waals surface area contributed by atoms with Crippen molar-refractivity contribution >= 4 is 22.7 Å². The van der Waals surface area contributed by atoms with Gasteiger partial charge in [-0.25, -0.2) is 4.39 Å². The van der Waals surface area contributed by atoms with Crippen LogP contribution in [0.1, 0.15) is 25.6 Å². The van der Waals surface area contributed by atoms with Crippen molar-refractivity contribution in [2.75, 3.05) is 6.26 Å². The predicted octanol–water partition coefficient (Wildman–Crippen LogP) is 4.22. The van der Waals surface area contributed by atoms with E-state index in [1.165, 1.54) is 11.8 Å². The van der Waals surface area contributed by atoms with Gasteiger partial charge in [0.15, 0.2) is 0 Å². The van der Waals surface area contributed by atoms with E-state index in [1.807, 2.05) is 6.07 Å². The smallest absolute Gasteiger partial charge is 0.147 e. The first-order valence-electron chi connectivity index (χ1n) is 5.42. The highest BCUT2D eigenvalue weighted by molar-refractivity contribution is 7.97. The lowest BCUT2D eigenvalue weighted by molar-refractivity contribution is 0.578. The molecule has 0 fully saturated rings. The van der Waals surface area contributed by atoms with Crippen molar-refractivity contribution in [3.05, 3.63) is 35.8 Å². The molecule has 0 radical (unpaired) electrons. The molecule has 0 aliphatic heterocycles. The molecular formula is C13H16FNS. The van der Waals surface area contributed by atoms with Gasteiger partial charge in [0.25, 0.3) is 0 Å². The molecule has 1 nitrogen and oxygen atoms in total. The van der Waals surface area contributed by atoms with Crippen molar-refractivity contribution in [1.82, 2.24) is 4.57 Å². The molecule has 1 heterocycles. The second-order valence-corrected chi connectivity index (χ2v) is 5.08. The van der Waals surface area contributed by atoms with Crippen LogP contribution in [0.3, 0.4) is 0 Å². The van der Waals surface area contributed by atoms with E-state index in [0.717, 1.165) is 16.7 Å². The molecule has 0 aliphatic rings. The zero-order valence-electron chi connectivity index (χ0n) is 9.83. The molecule has 86 valence electrons. The Balaban J connectivity index is 2.72. The monoisotopic (exact) mass is 237 g/mol. The summed E-state index contributed by atoms with van der Waals surface area (Å²) in [7, 11) is 0. The van der Waals surface area contributed by atoms with Gasteiger partial charge in [0, 0.05) is 22.9 Å². The molecule has 0 N–H and O–H groups in total. The Bertz CT molecular complexity index is 502. The highest BCUT2D eigenvalue weighted by Gasteiger charge is 2.13. The molecule has 0 saturated carbocycles. The number of nitrogens with zero attached hydrogens (tertiary/aromatic N) is 1. The van der Waals surface area contributed by atoms with Crippen molar-refractivity contribution in [1.29, 1.82) is 0 Å². The van der Waals surface area contributed by atoms with Crippen LogP contribution in [0.25, 0.3) is 10.9 Å². The van der Waals surface area contributed by atoms with E-state index in [0.29, 0.717) is 0 Å². The standard InChI is InChI=1S/C13H16FNS/c1-9(2)15-11(8-16-3)7-10-5-4-6-12(14)13(10)15/h4-7,9H,8H2,1-3H3. The van der Waals surface area contributed by atoms with Crippen LogP contribution in [0.5, 0.6) is 0 Å². The van der Waals surface area contributed by atoms with E-state index in [9.17, 15) is 4.39 Å². The minimum absolute atomic E-state index is 0.126. The van der Waals surface area contributed by atoms with Crippen molar-refractivity contribution < 1.29 is 4.39 Å². The second kappa shape index (κ2) is 4.50. The molecule has 16 heavy (non-hydrogen) atoms. The Morgan fingerprint density at radius 2 is 2.12 bits per heavy atom. The molecule has 2 rings (SSSR count). The van der Waals surface area contributed by atoms with E-state index in [2.05, 4.69) is 30.7 Å². The first-order chi connectivity index (χ1) is 7.65. The maximum atomic E-state index is 13.8. The zero-order valence-corrected chi connectivity index (χ0v) is 10.6. The lowest BCUT2D eigenvalue weighted by Gasteiger charge is -2.14. The minimum Gasteiger partial charge on any atom is -0.339 e. The van der Waals surface area contributed by atoms with Crippen LogP contribution >= 0.6 is 11.8 Å². The summed E-state index contributed by atoms with van der Waals surface area (Å²) in [5, 5.41) is 0.998. The van der Waals surface area contributed by atoms with Gasteiger partial charge in [-0.05, 0) is 32.2 Å². The average Bonchev–Trinajstić information content (AvgIpc) is 2.58. The summed E-state index contributed by atoms with van der Waals surface area (Å²) in [6.07, 6.45) is 2.07. The lowest BCUT2D eigenvalue weighted by Crippen LogP contribution is -2.05. The number of hydrogen-bond donors (Lipinski definition) is 0. The largest absolute Gasteiger partial charge is 0.339 e. The Labute approximate surface area is 99.6 Å². The van der Waals surface area contributed by atoms with E-state index >= 15 is 0 Å². The molecule has 2 aromatic rings. The Kier molecular flexibility index (Phi) is 3.24. The van der Waals surface area contributed by atoms with Crippen LogP contribution in [-0.2, 0) is 5.75 Å². The SMILES string of the molecule is CSCc1cc2cccc(F)c2n1C(C)C. The third-order valence-electron chi connectivity index (χ3n) is 2.70. The van der Waals surface area contributed by atoms with Crippen LogP contribution in [0, 0.1) is 5.82 Å². The van der Waals surface area contributed by atoms with Crippen LogP contribution in [0.2, 0.25) is 0 Å². The second-order valence-electron chi connectivity index (χ2n) is 4.21. The number of halogens is 1. The maximum Gasteiger partial charge on any atom is 0.147 e. The van der Waals surface area contributed by atoms with Crippen LogP contribution in [0.15, 0.2) is 24.3 Å². The highest BCUT2D eigenvalue weighted by Crippen LogP contribution is 2.28. The quantitative estimate of drug-likeness (QED) is 0.773. The van der Waals surface area contributed by atoms with Crippen molar-refractivity contribution in [3.63, 3.8) is 0 Å². The fraction of sp³-hybridized carbons (Fsp3) is 0.385. The summed E-state index contributed by atoms with van der Waals surface area (Å²) < 4.78 is 15.9. The number of thioether (sulfide) groups is 1. The Hall–Kier alpha value is -0.960. The van der Waals surface area contributed by atoms with Crippen LogP contribution in [0.4, 0.5) is 4.39 Å². The number of fused-ring (bicyclic) bond motifs is 1. The zero-order chi connectivity index (χ0) is 11.7. The van der Waals surface area contributed by atoms with Crippen molar-refractivity contribution in [2.24, 2.45) is 0 Å². The molecule has 3 heteroatoms. The summed E-state index contributed by atoms with van der Waals surface area (Å²) in [5.74, 6) is 0.797. The molecule has 0 saturated heterocycles. The molecule has 1 aromatic heterocycles. The van der Waals surface area contributed by atoms with Gasteiger partial charge in [-0.1, -0.05) is 12.1 Å². The van der Waals surface area contributed by atoms with E-state index < -0.39 is 0 Å². The first kappa shape index (κ1) is 11.5. The average molecular weight is 237 g/mol. The topological polar surface area (TPSA) is 4.93 Å².